The third-order valence-corrected chi connectivity index (χ3v) is 2.63. The molecule has 0 radical (unpaired) electrons. The van der Waals surface area contributed by atoms with E-state index in [4.69, 9.17) is 5.73 Å². The summed E-state index contributed by atoms with van der Waals surface area (Å²) in [6.45, 7) is 4.11. The van der Waals surface area contributed by atoms with E-state index in [1.165, 1.54) is 0 Å². The highest BCUT2D eigenvalue weighted by atomic mass is 16.1. The fraction of sp³-hybridized carbons (Fsp3) is 0.462. The lowest BCUT2D eigenvalue weighted by molar-refractivity contribution is -0.121. The zero-order chi connectivity index (χ0) is 11.3. The Morgan fingerprint density at radius 3 is 2.47 bits per heavy atom. The van der Waals surface area contributed by atoms with Crippen molar-refractivity contribution < 1.29 is 4.79 Å². The minimum absolute atomic E-state index is 0.174. The zero-order valence-electron chi connectivity index (χ0n) is 9.49. The van der Waals surface area contributed by atoms with E-state index in [9.17, 15) is 4.79 Å². The van der Waals surface area contributed by atoms with Gasteiger partial charge in [0.25, 0.3) is 0 Å². The van der Waals surface area contributed by atoms with E-state index in [0.29, 0.717) is 12.2 Å². The summed E-state index contributed by atoms with van der Waals surface area (Å²) in [6.07, 6.45) is 2.57. The Hall–Kier alpha value is -1.31. The molecule has 0 aromatic heterocycles. The molecule has 0 saturated heterocycles. The smallest absolute Gasteiger partial charge is 0.140 e. The molecule has 1 aromatic carbocycles. The van der Waals surface area contributed by atoms with Crippen LogP contribution in [0.5, 0.6) is 0 Å². The van der Waals surface area contributed by atoms with Gasteiger partial charge in [-0.25, -0.2) is 0 Å². The fourth-order valence-corrected chi connectivity index (χ4v) is 1.60. The van der Waals surface area contributed by atoms with Crippen LogP contribution >= 0.6 is 0 Å². The van der Waals surface area contributed by atoms with Gasteiger partial charge in [0, 0.05) is 18.0 Å². The molecule has 2 N–H and O–H groups in total. The molecule has 0 fully saturated rings. The van der Waals surface area contributed by atoms with Gasteiger partial charge in [0.15, 0.2) is 0 Å². The summed E-state index contributed by atoms with van der Waals surface area (Å²) >= 11 is 0. The van der Waals surface area contributed by atoms with Crippen LogP contribution < -0.4 is 5.73 Å². The van der Waals surface area contributed by atoms with Crippen LogP contribution in [0.15, 0.2) is 24.3 Å². The average molecular weight is 205 g/mol. The molecule has 1 atom stereocenters. The van der Waals surface area contributed by atoms with Gasteiger partial charge in [0.2, 0.25) is 0 Å². The normalized spacial score (nSPS) is 12.4. The Morgan fingerprint density at radius 2 is 1.93 bits per heavy atom. The van der Waals surface area contributed by atoms with Crippen molar-refractivity contribution in [2.75, 3.05) is 5.73 Å². The highest BCUT2D eigenvalue weighted by Gasteiger charge is 2.11. The third kappa shape index (κ3) is 3.74. The molecule has 0 aliphatic rings. The SMILES string of the molecule is CCCC(C)C(=O)Cc1ccc(N)cc1. The predicted octanol–water partition coefficient (Wildman–Crippen LogP) is 2.82. The zero-order valence-corrected chi connectivity index (χ0v) is 9.49. The van der Waals surface area contributed by atoms with Gasteiger partial charge in [-0.2, -0.15) is 0 Å². The molecule has 2 heteroatoms. The maximum Gasteiger partial charge on any atom is 0.140 e. The fourth-order valence-electron chi connectivity index (χ4n) is 1.60. The molecular weight excluding hydrogens is 186 g/mol. The summed E-state index contributed by atoms with van der Waals surface area (Å²) in [5.74, 6) is 0.495. The monoisotopic (exact) mass is 205 g/mol. The number of nitrogens with two attached hydrogens (primary N) is 1. The molecule has 1 rings (SSSR count). The second-order valence-electron chi connectivity index (χ2n) is 4.07. The van der Waals surface area contributed by atoms with Crippen molar-refractivity contribution in [2.45, 2.75) is 33.1 Å². The number of hydrogen-bond donors (Lipinski definition) is 1. The number of anilines is 1. The molecule has 1 unspecified atom stereocenters. The van der Waals surface area contributed by atoms with Gasteiger partial charge in [-0.15, -0.1) is 0 Å². The van der Waals surface area contributed by atoms with Gasteiger partial charge in [0.1, 0.15) is 5.78 Å². The number of carbonyl (C=O) groups excluding carboxylic acids is 1. The lowest BCUT2D eigenvalue weighted by Gasteiger charge is -2.08. The van der Waals surface area contributed by atoms with Crippen molar-refractivity contribution in [1.29, 1.82) is 0 Å². The summed E-state index contributed by atoms with van der Waals surface area (Å²) in [4.78, 5) is 11.8. The molecule has 0 aliphatic carbocycles. The molecule has 0 heterocycles. The average Bonchev–Trinajstić information content (AvgIpc) is 2.22. The topological polar surface area (TPSA) is 43.1 Å². The first-order valence-corrected chi connectivity index (χ1v) is 5.50. The Morgan fingerprint density at radius 1 is 1.33 bits per heavy atom. The second kappa shape index (κ2) is 5.54. The van der Waals surface area contributed by atoms with E-state index in [1.54, 1.807) is 0 Å². The van der Waals surface area contributed by atoms with E-state index in [2.05, 4.69) is 6.92 Å². The van der Waals surface area contributed by atoms with Crippen molar-refractivity contribution in [3.05, 3.63) is 29.8 Å². The Kier molecular flexibility index (Phi) is 4.35. The molecule has 1 aromatic rings. The standard InChI is InChI=1S/C13H19NO/c1-3-4-10(2)13(15)9-11-5-7-12(14)8-6-11/h5-8,10H,3-4,9,14H2,1-2H3. The minimum Gasteiger partial charge on any atom is -0.399 e. The van der Waals surface area contributed by atoms with Crippen LogP contribution in [-0.2, 0) is 11.2 Å². The van der Waals surface area contributed by atoms with Gasteiger partial charge in [-0.3, -0.25) is 4.79 Å². The molecule has 0 bridgehead atoms. The van der Waals surface area contributed by atoms with Crippen molar-refractivity contribution in [3.8, 4) is 0 Å². The Balaban J connectivity index is 2.54. The summed E-state index contributed by atoms with van der Waals surface area (Å²) < 4.78 is 0. The van der Waals surface area contributed by atoms with Gasteiger partial charge >= 0.3 is 0 Å². The van der Waals surface area contributed by atoms with Gasteiger partial charge in [0.05, 0.1) is 0 Å². The second-order valence-corrected chi connectivity index (χ2v) is 4.07. The summed E-state index contributed by atoms with van der Waals surface area (Å²) in [5, 5.41) is 0. The molecular formula is C13H19NO. The van der Waals surface area contributed by atoms with E-state index in [0.717, 1.165) is 24.1 Å². The largest absolute Gasteiger partial charge is 0.399 e. The molecule has 0 saturated carbocycles. The maximum atomic E-state index is 11.8. The highest BCUT2D eigenvalue weighted by molar-refractivity contribution is 5.82. The lowest BCUT2D eigenvalue weighted by atomic mass is 9.96. The summed E-state index contributed by atoms with van der Waals surface area (Å²) in [5.41, 5.74) is 7.38. The first-order chi connectivity index (χ1) is 7.13. The van der Waals surface area contributed by atoms with Gasteiger partial charge in [-0.05, 0) is 24.1 Å². The predicted molar refractivity (Wildman–Crippen MR) is 63.6 cm³/mol. The Bertz CT molecular complexity index is 316. The quantitative estimate of drug-likeness (QED) is 0.751. The van der Waals surface area contributed by atoms with Crippen LogP contribution in [0.2, 0.25) is 0 Å². The summed E-state index contributed by atoms with van der Waals surface area (Å²) in [6, 6.07) is 7.53. The molecule has 0 aliphatic heterocycles. The number of carbonyl (C=O) groups is 1. The van der Waals surface area contributed by atoms with Crippen molar-refractivity contribution in [2.24, 2.45) is 5.92 Å². The number of ketones is 1. The maximum absolute atomic E-state index is 11.8. The minimum atomic E-state index is 0.174. The molecule has 15 heavy (non-hydrogen) atoms. The van der Waals surface area contributed by atoms with Crippen LogP contribution in [0.4, 0.5) is 5.69 Å². The van der Waals surface area contributed by atoms with E-state index >= 15 is 0 Å². The van der Waals surface area contributed by atoms with E-state index in [-0.39, 0.29) is 5.92 Å². The number of hydrogen-bond acceptors (Lipinski definition) is 2. The first-order valence-electron chi connectivity index (χ1n) is 5.50. The van der Waals surface area contributed by atoms with E-state index in [1.807, 2.05) is 31.2 Å². The van der Waals surface area contributed by atoms with Gasteiger partial charge < -0.3 is 5.73 Å². The number of nitrogen functional groups attached to an aromatic ring is 1. The Labute approximate surface area is 91.5 Å². The van der Waals surface area contributed by atoms with Crippen molar-refractivity contribution >= 4 is 11.5 Å². The van der Waals surface area contributed by atoms with Crippen LogP contribution in [-0.4, -0.2) is 5.78 Å². The molecule has 2 nitrogen and oxygen atoms in total. The number of benzene rings is 1. The summed E-state index contributed by atoms with van der Waals surface area (Å²) in [7, 11) is 0. The highest BCUT2D eigenvalue weighted by Crippen LogP contribution is 2.12. The van der Waals surface area contributed by atoms with Crippen LogP contribution in [0, 0.1) is 5.92 Å². The molecule has 0 amide bonds. The van der Waals surface area contributed by atoms with Crippen LogP contribution in [0.3, 0.4) is 0 Å². The van der Waals surface area contributed by atoms with Crippen LogP contribution in [0.25, 0.3) is 0 Å². The number of Topliss-reactive ketones (excluding diaryl/α,β-unsaturated/α-hetero) is 1. The first kappa shape index (κ1) is 11.8. The van der Waals surface area contributed by atoms with E-state index < -0.39 is 0 Å². The molecule has 0 spiro atoms. The number of rotatable bonds is 5. The van der Waals surface area contributed by atoms with Crippen molar-refractivity contribution in [3.63, 3.8) is 0 Å². The molecule has 82 valence electrons. The van der Waals surface area contributed by atoms with Crippen LogP contribution in [0.1, 0.15) is 32.3 Å². The van der Waals surface area contributed by atoms with Gasteiger partial charge in [-0.1, -0.05) is 32.4 Å². The third-order valence-electron chi connectivity index (χ3n) is 2.63. The van der Waals surface area contributed by atoms with Crippen molar-refractivity contribution in [1.82, 2.24) is 0 Å². The lowest BCUT2D eigenvalue weighted by Crippen LogP contribution is -2.13.